The maximum atomic E-state index is 13.0. The van der Waals surface area contributed by atoms with E-state index < -0.39 is 0 Å². The van der Waals surface area contributed by atoms with Crippen molar-refractivity contribution in [3.8, 4) is 0 Å². The number of aromatic nitrogens is 5. The van der Waals surface area contributed by atoms with E-state index in [2.05, 4.69) is 15.2 Å². The second-order valence-electron chi connectivity index (χ2n) is 6.99. The molecule has 1 fully saturated rings. The number of carbonyl (C=O) groups excluding carboxylic acids is 1. The normalized spacial score (nSPS) is 17.4. The van der Waals surface area contributed by atoms with E-state index >= 15 is 0 Å². The predicted molar refractivity (Wildman–Crippen MR) is 96.2 cm³/mol. The lowest BCUT2D eigenvalue weighted by molar-refractivity contribution is 0.0732. The average Bonchev–Trinajstić information content (AvgIpc) is 3.30. The summed E-state index contributed by atoms with van der Waals surface area (Å²) < 4.78 is 3.12. The Kier molecular flexibility index (Phi) is 3.71. The number of carbonyl (C=O) groups is 1. The number of aromatic amines is 1. The Hall–Kier alpha value is -2.90. The number of nitrogens with zero attached hydrogens (tertiary/aromatic N) is 5. The first kappa shape index (κ1) is 16.6. The van der Waals surface area contributed by atoms with Gasteiger partial charge in [0, 0.05) is 37.1 Å². The molecule has 0 bridgehead atoms. The molecule has 0 spiro atoms. The molecule has 3 aromatic rings. The molecule has 1 N–H and O–H groups in total. The molecule has 3 aromatic heterocycles. The van der Waals surface area contributed by atoms with E-state index in [1.165, 1.54) is 4.52 Å². The molecule has 0 aliphatic carbocycles. The van der Waals surface area contributed by atoms with Crippen LogP contribution in [0.15, 0.2) is 17.1 Å². The number of likely N-dealkylation sites (tertiary alicyclic amines) is 1. The molecule has 1 aliphatic rings. The molecule has 4 rings (SSSR count). The van der Waals surface area contributed by atoms with Crippen LogP contribution in [-0.4, -0.2) is 41.7 Å². The summed E-state index contributed by atoms with van der Waals surface area (Å²) in [6.07, 6.45) is 3.53. The number of aryl methyl sites for hydroxylation is 3. The number of nitrogens with one attached hydrogen (secondary N) is 1. The minimum absolute atomic E-state index is 0.0237. The summed E-state index contributed by atoms with van der Waals surface area (Å²) in [5, 5.41) is 7.43. The van der Waals surface area contributed by atoms with Gasteiger partial charge in [-0.2, -0.15) is 5.10 Å². The Morgan fingerprint density at radius 1 is 1.27 bits per heavy atom. The van der Waals surface area contributed by atoms with Crippen LogP contribution in [0.4, 0.5) is 0 Å². The molecule has 26 heavy (non-hydrogen) atoms. The van der Waals surface area contributed by atoms with Crippen LogP contribution in [0, 0.1) is 20.8 Å². The van der Waals surface area contributed by atoms with Gasteiger partial charge in [0.15, 0.2) is 5.65 Å². The molecule has 8 heteroatoms. The van der Waals surface area contributed by atoms with E-state index in [1.54, 1.807) is 17.8 Å². The summed E-state index contributed by atoms with van der Waals surface area (Å²) >= 11 is 0. The topological polar surface area (TPSA) is 88.3 Å². The Morgan fingerprint density at radius 3 is 2.73 bits per heavy atom. The van der Waals surface area contributed by atoms with Crippen LogP contribution in [0.25, 0.3) is 5.65 Å². The second-order valence-corrected chi connectivity index (χ2v) is 6.99. The van der Waals surface area contributed by atoms with E-state index in [9.17, 15) is 9.59 Å². The SMILES string of the molecule is Cc1nn(C)cc1C(=O)N1CCC[C@@H]1c1cc2nc(C)c(C)c(=O)n2[nH]1. The van der Waals surface area contributed by atoms with Crippen LogP contribution < -0.4 is 5.56 Å². The zero-order chi connectivity index (χ0) is 18.6. The zero-order valence-corrected chi connectivity index (χ0v) is 15.4. The first-order chi connectivity index (χ1) is 12.4. The summed E-state index contributed by atoms with van der Waals surface area (Å²) in [6, 6.07) is 1.78. The van der Waals surface area contributed by atoms with Crippen molar-refractivity contribution in [2.24, 2.45) is 7.05 Å². The molecule has 0 unspecified atom stereocenters. The van der Waals surface area contributed by atoms with Gasteiger partial charge in [-0.1, -0.05) is 0 Å². The monoisotopic (exact) mass is 354 g/mol. The highest BCUT2D eigenvalue weighted by atomic mass is 16.2. The number of hydrogen-bond acceptors (Lipinski definition) is 4. The molecule has 0 saturated carbocycles. The van der Waals surface area contributed by atoms with Gasteiger partial charge in [-0.3, -0.25) is 19.4 Å². The third-order valence-electron chi connectivity index (χ3n) is 5.22. The van der Waals surface area contributed by atoms with Crippen LogP contribution in [0.5, 0.6) is 0 Å². The zero-order valence-electron chi connectivity index (χ0n) is 15.4. The van der Waals surface area contributed by atoms with Gasteiger partial charge in [0.2, 0.25) is 0 Å². The number of amides is 1. The third kappa shape index (κ3) is 2.44. The molecule has 4 heterocycles. The van der Waals surface area contributed by atoms with Crippen molar-refractivity contribution in [2.75, 3.05) is 6.54 Å². The lowest BCUT2D eigenvalue weighted by atomic mass is 10.1. The molecule has 1 amide bonds. The quantitative estimate of drug-likeness (QED) is 0.758. The number of fused-ring (bicyclic) bond motifs is 1. The van der Waals surface area contributed by atoms with Crippen LogP contribution in [0.1, 0.15) is 51.9 Å². The molecule has 1 aliphatic heterocycles. The fourth-order valence-electron chi connectivity index (χ4n) is 3.71. The highest BCUT2D eigenvalue weighted by Gasteiger charge is 2.33. The van der Waals surface area contributed by atoms with Crippen molar-refractivity contribution >= 4 is 11.6 Å². The maximum Gasteiger partial charge on any atom is 0.275 e. The van der Waals surface area contributed by atoms with E-state index in [-0.39, 0.29) is 17.5 Å². The Balaban J connectivity index is 1.74. The molecule has 1 atom stereocenters. The number of rotatable bonds is 2. The van der Waals surface area contributed by atoms with Crippen LogP contribution in [0.2, 0.25) is 0 Å². The van der Waals surface area contributed by atoms with Crippen molar-refractivity contribution < 1.29 is 4.79 Å². The second kappa shape index (κ2) is 5.82. The standard InChI is InChI=1S/C18H22N6O2/c1-10-11(2)19-16-8-14(21-24(16)17(10)25)15-6-5-7-23(15)18(26)13-9-22(4)20-12(13)3/h8-9,15,21H,5-7H2,1-4H3/t15-/m1/s1. The van der Waals surface area contributed by atoms with Crippen molar-refractivity contribution in [3.05, 3.63) is 50.8 Å². The van der Waals surface area contributed by atoms with Gasteiger partial charge in [-0.25, -0.2) is 9.50 Å². The van der Waals surface area contributed by atoms with Gasteiger partial charge in [-0.05, 0) is 33.6 Å². The first-order valence-electron chi connectivity index (χ1n) is 8.77. The van der Waals surface area contributed by atoms with Crippen LogP contribution >= 0.6 is 0 Å². The van der Waals surface area contributed by atoms with E-state index in [0.717, 1.165) is 29.9 Å². The Bertz CT molecular complexity index is 1070. The molecule has 8 nitrogen and oxygen atoms in total. The summed E-state index contributed by atoms with van der Waals surface area (Å²) in [5.74, 6) is -0.0237. The van der Waals surface area contributed by atoms with Gasteiger partial charge < -0.3 is 4.90 Å². The maximum absolute atomic E-state index is 13.0. The number of hydrogen-bond donors (Lipinski definition) is 1. The van der Waals surface area contributed by atoms with Crippen LogP contribution in [-0.2, 0) is 7.05 Å². The van der Waals surface area contributed by atoms with Gasteiger partial charge in [0.1, 0.15) is 0 Å². The van der Waals surface area contributed by atoms with Gasteiger partial charge in [0.05, 0.1) is 23.0 Å². The summed E-state index contributed by atoms with van der Waals surface area (Å²) in [4.78, 5) is 31.8. The smallest absolute Gasteiger partial charge is 0.275 e. The van der Waals surface area contributed by atoms with E-state index in [4.69, 9.17) is 0 Å². The Morgan fingerprint density at radius 2 is 2.04 bits per heavy atom. The summed E-state index contributed by atoms with van der Waals surface area (Å²) in [6.45, 7) is 6.14. The first-order valence-corrected chi connectivity index (χ1v) is 8.77. The van der Waals surface area contributed by atoms with Crippen molar-refractivity contribution in [1.29, 1.82) is 0 Å². The van der Waals surface area contributed by atoms with E-state index in [0.29, 0.717) is 23.3 Å². The fraction of sp³-hybridized carbons (Fsp3) is 0.444. The lowest BCUT2D eigenvalue weighted by Gasteiger charge is -2.23. The molecular formula is C18H22N6O2. The third-order valence-corrected chi connectivity index (χ3v) is 5.22. The fourth-order valence-corrected chi connectivity index (χ4v) is 3.71. The minimum atomic E-state index is -0.0993. The van der Waals surface area contributed by atoms with Crippen molar-refractivity contribution in [2.45, 2.75) is 39.7 Å². The highest BCUT2D eigenvalue weighted by molar-refractivity contribution is 5.95. The Labute approximate surface area is 150 Å². The van der Waals surface area contributed by atoms with Gasteiger partial charge >= 0.3 is 0 Å². The highest BCUT2D eigenvalue weighted by Crippen LogP contribution is 2.33. The molecular weight excluding hydrogens is 332 g/mol. The summed E-state index contributed by atoms with van der Waals surface area (Å²) in [5.41, 5.74) is 4.03. The van der Waals surface area contributed by atoms with Crippen molar-refractivity contribution in [3.63, 3.8) is 0 Å². The number of H-pyrrole nitrogens is 1. The molecule has 0 radical (unpaired) electrons. The minimum Gasteiger partial charge on any atom is -0.330 e. The van der Waals surface area contributed by atoms with E-state index in [1.807, 2.05) is 31.9 Å². The van der Waals surface area contributed by atoms with Crippen molar-refractivity contribution in [1.82, 2.24) is 29.3 Å². The predicted octanol–water partition coefficient (Wildman–Crippen LogP) is 1.66. The molecule has 0 aromatic carbocycles. The largest absolute Gasteiger partial charge is 0.330 e. The summed E-state index contributed by atoms with van der Waals surface area (Å²) in [7, 11) is 1.81. The lowest BCUT2D eigenvalue weighted by Crippen LogP contribution is -2.31. The molecule has 1 saturated heterocycles. The van der Waals surface area contributed by atoms with Crippen LogP contribution in [0.3, 0.4) is 0 Å². The molecule has 136 valence electrons. The van der Waals surface area contributed by atoms with Gasteiger partial charge in [0.25, 0.3) is 11.5 Å². The average molecular weight is 354 g/mol. The van der Waals surface area contributed by atoms with Gasteiger partial charge in [-0.15, -0.1) is 0 Å².